The molecule has 1 fully saturated rings. The lowest BCUT2D eigenvalue weighted by Gasteiger charge is -2.39. The van der Waals surface area contributed by atoms with Gasteiger partial charge < -0.3 is 4.90 Å². The molecule has 148 valence electrons. The van der Waals surface area contributed by atoms with Gasteiger partial charge in [0, 0.05) is 48.4 Å². The molecule has 7 heteroatoms. The molecule has 1 amide bonds. The Hall–Kier alpha value is -3.87. The second-order valence-electron chi connectivity index (χ2n) is 7.45. The van der Waals surface area contributed by atoms with Crippen LogP contribution in [0.5, 0.6) is 0 Å². The van der Waals surface area contributed by atoms with Crippen molar-refractivity contribution in [3.63, 3.8) is 0 Å². The number of hydrogen-bond acceptors (Lipinski definition) is 5. The van der Waals surface area contributed by atoms with Gasteiger partial charge in [0.05, 0.1) is 17.8 Å². The van der Waals surface area contributed by atoms with Crippen LogP contribution in [0.3, 0.4) is 0 Å². The minimum atomic E-state index is -0.149. The summed E-state index contributed by atoms with van der Waals surface area (Å²) in [4.78, 5) is 35.3. The molecule has 0 N–H and O–H groups in total. The van der Waals surface area contributed by atoms with Gasteiger partial charge >= 0.3 is 0 Å². The molecule has 5 rings (SSSR count). The van der Waals surface area contributed by atoms with Crippen LogP contribution in [0.4, 0.5) is 0 Å². The van der Waals surface area contributed by atoms with Crippen LogP contribution in [-0.4, -0.2) is 43.6 Å². The first kappa shape index (κ1) is 18.2. The number of carbonyl (C=O) groups is 1. The summed E-state index contributed by atoms with van der Waals surface area (Å²) in [7, 11) is 0. The fourth-order valence-corrected chi connectivity index (χ4v) is 3.69. The number of rotatable bonds is 4. The Morgan fingerprint density at radius 1 is 1.00 bits per heavy atom. The van der Waals surface area contributed by atoms with Gasteiger partial charge in [-0.2, -0.15) is 5.10 Å². The van der Waals surface area contributed by atoms with Crippen LogP contribution in [0.15, 0.2) is 77.9 Å². The fraction of sp³-hybridized carbons (Fsp3) is 0.174. The van der Waals surface area contributed by atoms with Crippen molar-refractivity contribution in [2.75, 3.05) is 13.1 Å². The van der Waals surface area contributed by atoms with Crippen molar-refractivity contribution >= 4 is 16.8 Å². The molecular weight excluding hydrogens is 378 g/mol. The molecule has 1 aliphatic rings. The fourth-order valence-electron chi connectivity index (χ4n) is 3.69. The first-order chi connectivity index (χ1) is 14.7. The summed E-state index contributed by atoms with van der Waals surface area (Å²) in [5.41, 5.74) is 2.67. The Kier molecular flexibility index (Phi) is 4.55. The van der Waals surface area contributed by atoms with Gasteiger partial charge in [0.1, 0.15) is 5.69 Å². The van der Waals surface area contributed by atoms with Crippen LogP contribution < -0.4 is 5.56 Å². The zero-order chi connectivity index (χ0) is 20.5. The van der Waals surface area contributed by atoms with Crippen molar-refractivity contribution in [1.82, 2.24) is 24.6 Å². The van der Waals surface area contributed by atoms with Gasteiger partial charge in [-0.3, -0.25) is 14.6 Å². The lowest BCUT2D eigenvalue weighted by molar-refractivity contribution is 0.0453. The first-order valence-corrected chi connectivity index (χ1v) is 9.81. The molecule has 0 saturated carbocycles. The maximum Gasteiger partial charge on any atom is 0.272 e. The summed E-state index contributed by atoms with van der Waals surface area (Å²) in [6, 6.07) is 18.4. The van der Waals surface area contributed by atoms with Crippen molar-refractivity contribution in [2.45, 2.75) is 6.54 Å². The summed E-state index contributed by atoms with van der Waals surface area (Å²) in [5.74, 6) is 0.102. The summed E-state index contributed by atoms with van der Waals surface area (Å²) >= 11 is 0. The first-order valence-electron chi connectivity index (χ1n) is 9.81. The third-order valence-electron chi connectivity index (χ3n) is 5.32. The maximum absolute atomic E-state index is 12.7. The van der Waals surface area contributed by atoms with Crippen LogP contribution in [0.1, 0.15) is 10.5 Å². The summed E-state index contributed by atoms with van der Waals surface area (Å²) in [6.07, 6.45) is 3.42. The molecular formula is C23H19N5O2. The summed E-state index contributed by atoms with van der Waals surface area (Å²) in [6.45, 7) is 1.64. The Balaban J connectivity index is 1.27. The van der Waals surface area contributed by atoms with E-state index in [2.05, 4.69) is 15.1 Å². The van der Waals surface area contributed by atoms with Crippen molar-refractivity contribution in [3.05, 3.63) is 89.1 Å². The predicted octanol–water partition coefficient (Wildman–Crippen LogP) is 2.63. The molecule has 1 saturated heterocycles. The number of para-hydroxylation sites is 1. The third kappa shape index (κ3) is 3.45. The summed E-state index contributed by atoms with van der Waals surface area (Å²) < 4.78 is 1.48. The Morgan fingerprint density at radius 3 is 2.70 bits per heavy atom. The SMILES string of the molecule is O=C(c1ccc2ccccc2n1)N1CC(Cn2nc(-c3cccnc3)ccc2=O)C1. The number of hydrogen-bond donors (Lipinski definition) is 0. The number of aromatic nitrogens is 4. The number of carbonyl (C=O) groups excluding carboxylic acids is 1. The molecule has 0 aliphatic carbocycles. The van der Waals surface area contributed by atoms with Gasteiger partial charge in [-0.1, -0.05) is 24.3 Å². The standard InChI is InChI=1S/C23H19N5O2/c29-22-10-9-20(18-5-3-11-24-12-18)26-28(22)15-16-13-27(14-16)23(30)21-8-7-17-4-1-2-6-19(17)25-21/h1-12,16H,13-15H2. The average molecular weight is 397 g/mol. The second-order valence-corrected chi connectivity index (χ2v) is 7.45. The zero-order valence-electron chi connectivity index (χ0n) is 16.2. The van der Waals surface area contributed by atoms with E-state index in [1.54, 1.807) is 29.4 Å². The molecule has 30 heavy (non-hydrogen) atoms. The van der Waals surface area contributed by atoms with E-state index in [0.717, 1.165) is 16.5 Å². The normalized spacial score (nSPS) is 13.9. The van der Waals surface area contributed by atoms with E-state index < -0.39 is 0 Å². The molecule has 3 aromatic heterocycles. The maximum atomic E-state index is 12.7. The van der Waals surface area contributed by atoms with Crippen molar-refractivity contribution in [3.8, 4) is 11.3 Å². The van der Waals surface area contributed by atoms with Gasteiger partial charge in [0.15, 0.2) is 0 Å². The molecule has 7 nitrogen and oxygen atoms in total. The van der Waals surface area contributed by atoms with E-state index in [9.17, 15) is 9.59 Å². The highest BCUT2D eigenvalue weighted by molar-refractivity contribution is 5.95. The van der Waals surface area contributed by atoms with Crippen molar-refractivity contribution in [2.24, 2.45) is 5.92 Å². The van der Waals surface area contributed by atoms with E-state index >= 15 is 0 Å². The Bertz CT molecular complexity index is 1280. The Labute approximate surface area is 172 Å². The molecule has 1 aliphatic heterocycles. The molecule has 0 atom stereocenters. The number of fused-ring (bicyclic) bond motifs is 1. The highest BCUT2D eigenvalue weighted by atomic mass is 16.2. The molecule has 0 spiro atoms. The molecule has 4 aromatic rings. The van der Waals surface area contributed by atoms with E-state index in [1.165, 1.54) is 10.7 Å². The van der Waals surface area contributed by atoms with Crippen molar-refractivity contribution < 1.29 is 4.79 Å². The van der Waals surface area contributed by atoms with E-state index in [4.69, 9.17) is 0 Å². The Morgan fingerprint density at radius 2 is 1.87 bits per heavy atom. The van der Waals surface area contributed by atoms with Crippen molar-refractivity contribution in [1.29, 1.82) is 0 Å². The minimum Gasteiger partial charge on any atom is -0.336 e. The molecule has 4 heterocycles. The molecule has 1 aromatic carbocycles. The number of pyridine rings is 2. The quantitative estimate of drug-likeness (QED) is 0.529. The van der Waals surface area contributed by atoms with E-state index in [1.807, 2.05) is 42.5 Å². The van der Waals surface area contributed by atoms with Crippen LogP contribution in [0.2, 0.25) is 0 Å². The van der Waals surface area contributed by atoms with Gasteiger partial charge in [-0.05, 0) is 30.3 Å². The number of nitrogens with zero attached hydrogens (tertiary/aromatic N) is 5. The van der Waals surface area contributed by atoms with Crippen LogP contribution in [0, 0.1) is 5.92 Å². The largest absolute Gasteiger partial charge is 0.336 e. The number of benzene rings is 1. The van der Waals surface area contributed by atoms with Crippen LogP contribution in [-0.2, 0) is 6.54 Å². The van der Waals surface area contributed by atoms with E-state index in [0.29, 0.717) is 31.0 Å². The lowest BCUT2D eigenvalue weighted by atomic mass is 9.99. The van der Waals surface area contributed by atoms with Gasteiger partial charge in [0.2, 0.25) is 0 Å². The second kappa shape index (κ2) is 7.51. The predicted molar refractivity (Wildman–Crippen MR) is 113 cm³/mol. The minimum absolute atomic E-state index is 0.0820. The summed E-state index contributed by atoms with van der Waals surface area (Å²) in [5, 5.41) is 5.48. The van der Waals surface area contributed by atoms with Crippen LogP contribution in [0.25, 0.3) is 22.2 Å². The number of amides is 1. The van der Waals surface area contributed by atoms with Gasteiger partial charge in [-0.15, -0.1) is 0 Å². The molecule has 0 radical (unpaired) electrons. The van der Waals surface area contributed by atoms with E-state index in [-0.39, 0.29) is 17.4 Å². The van der Waals surface area contributed by atoms with Crippen LogP contribution >= 0.6 is 0 Å². The highest BCUT2D eigenvalue weighted by Crippen LogP contribution is 2.21. The lowest BCUT2D eigenvalue weighted by Crippen LogP contribution is -2.52. The smallest absolute Gasteiger partial charge is 0.272 e. The zero-order valence-corrected chi connectivity index (χ0v) is 16.2. The number of likely N-dealkylation sites (tertiary alicyclic amines) is 1. The molecule has 0 bridgehead atoms. The monoisotopic (exact) mass is 397 g/mol. The molecule has 0 unspecified atom stereocenters. The van der Waals surface area contributed by atoms with Gasteiger partial charge in [0.25, 0.3) is 11.5 Å². The third-order valence-corrected chi connectivity index (χ3v) is 5.32. The van der Waals surface area contributed by atoms with Gasteiger partial charge in [-0.25, -0.2) is 9.67 Å². The highest BCUT2D eigenvalue weighted by Gasteiger charge is 2.32. The average Bonchev–Trinajstić information content (AvgIpc) is 2.77. The topological polar surface area (TPSA) is 81.0 Å².